The van der Waals surface area contributed by atoms with Crippen LogP contribution in [0.15, 0.2) is 12.1 Å². The molecule has 5 rings (SSSR count). The van der Waals surface area contributed by atoms with Crippen molar-refractivity contribution in [3.63, 3.8) is 0 Å². The van der Waals surface area contributed by atoms with Crippen LogP contribution in [0.5, 0.6) is 0 Å². The molecule has 5 heteroatoms. The van der Waals surface area contributed by atoms with E-state index in [0.29, 0.717) is 24.5 Å². The lowest BCUT2D eigenvalue weighted by Crippen LogP contribution is -2.23. The smallest absolute Gasteiger partial charge is 0.226 e. The first-order valence-corrected chi connectivity index (χ1v) is 9.94. The Balaban J connectivity index is 1.32. The number of thiazole rings is 1. The van der Waals surface area contributed by atoms with Gasteiger partial charge in [-0.25, -0.2) is 4.98 Å². The van der Waals surface area contributed by atoms with Crippen LogP contribution >= 0.6 is 11.3 Å². The number of nitrogens with one attached hydrogen (secondary N) is 1. The van der Waals surface area contributed by atoms with E-state index in [0.717, 1.165) is 36.3 Å². The Morgan fingerprint density at radius 2 is 2.21 bits per heavy atom. The SMILES string of the molecule is O=C(CC1CC2CCC1O2)Nc1nc2c3c(ccc2s1)CCCC3. The molecular formula is C19H22N2O2S. The number of anilines is 1. The standard InChI is InChI=1S/C19H22N2O2S/c22-17(10-12-9-13-6-7-15(12)23-13)20-19-21-18-14-4-2-1-3-11(14)5-8-16(18)24-19/h5,8,12-13,15H,1-4,6-7,9-10H2,(H,20,21,22). The molecule has 2 aromatic rings. The molecule has 2 saturated heterocycles. The van der Waals surface area contributed by atoms with Gasteiger partial charge in [0.2, 0.25) is 5.91 Å². The van der Waals surface area contributed by atoms with E-state index < -0.39 is 0 Å². The van der Waals surface area contributed by atoms with Gasteiger partial charge in [0.25, 0.3) is 0 Å². The van der Waals surface area contributed by atoms with Crippen LogP contribution in [-0.4, -0.2) is 23.1 Å². The number of nitrogens with zero attached hydrogens (tertiary/aromatic N) is 1. The van der Waals surface area contributed by atoms with Crippen LogP contribution in [0.4, 0.5) is 5.13 Å². The predicted molar refractivity (Wildman–Crippen MR) is 95.5 cm³/mol. The van der Waals surface area contributed by atoms with Crippen molar-refractivity contribution in [3.8, 4) is 0 Å². The van der Waals surface area contributed by atoms with E-state index in [9.17, 15) is 4.79 Å². The summed E-state index contributed by atoms with van der Waals surface area (Å²) in [5.74, 6) is 0.481. The Morgan fingerprint density at radius 1 is 1.29 bits per heavy atom. The maximum Gasteiger partial charge on any atom is 0.226 e. The lowest BCUT2D eigenvalue weighted by atomic mass is 9.87. The summed E-state index contributed by atoms with van der Waals surface area (Å²) < 4.78 is 7.04. The third-order valence-electron chi connectivity index (χ3n) is 5.81. The molecule has 1 aromatic heterocycles. The second-order valence-corrected chi connectivity index (χ2v) is 8.43. The zero-order valence-corrected chi connectivity index (χ0v) is 14.5. The normalized spacial score (nSPS) is 28.2. The summed E-state index contributed by atoms with van der Waals surface area (Å²) in [7, 11) is 0. The quantitative estimate of drug-likeness (QED) is 0.915. The summed E-state index contributed by atoms with van der Waals surface area (Å²) in [5, 5.41) is 3.79. The van der Waals surface area contributed by atoms with Gasteiger partial charge in [0.1, 0.15) is 0 Å². The second-order valence-electron chi connectivity index (χ2n) is 7.40. The number of carbonyl (C=O) groups is 1. The first-order chi connectivity index (χ1) is 11.8. The monoisotopic (exact) mass is 342 g/mol. The number of hydrogen-bond donors (Lipinski definition) is 1. The molecule has 3 unspecified atom stereocenters. The summed E-state index contributed by atoms with van der Waals surface area (Å²) in [5.41, 5.74) is 3.95. The Kier molecular flexibility index (Phi) is 3.60. The van der Waals surface area contributed by atoms with Gasteiger partial charge in [-0.3, -0.25) is 4.79 Å². The summed E-state index contributed by atoms with van der Waals surface area (Å²) in [6.45, 7) is 0. The van der Waals surface area contributed by atoms with Crippen molar-refractivity contribution in [2.45, 2.75) is 63.6 Å². The first kappa shape index (κ1) is 14.8. The number of rotatable bonds is 3. The molecule has 3 heterocycles. The van der Waals surface area contributed by atoms with Gasteiger partial charge in [-0.15, -0.1) is 0 Å². The molecule has 3 atom stereocenters. The molecular weight excluding hydrogens is 320 g/mol. The van der Waals surface area contributed by atoms with E-state index in [4.69, 9.17) is 9.72 Å². The molecule has 2 aliphatic heterocycles. The molecule has 3 aliphatic rings. The zero-order chi connectivity index (χ0) is 16.1. The van der Waals surface area contributed by atoms with Gasteiger partial charge in [0.05, 0.1) is 22.4 Å². The molecule has 2 fully saturated rings. The van der Waals surface area contributed by atoms with E-state index in [1.165, 1.54) is 35.1 Å². The highest BCUT2D eigenvalue weighted by atomic mass is 32.1. The third-order valence-corrected chi connectivity index (χ3v) is 6.75. The van der Waals surface area contributed by atoms with Crippen LogP contribution in [0.25, 0.3) is 10.2 Å². The Hall–Kier alpha value is -1.46. The molecule has 2 bridgehead atoms. The van der Waals surface area contributed by atoms with E-state index in [2.05, 4.69) is 17.4 Å². The fourth-order valence-electron chi connectivity index (χ4n) is 4.64. The van der Waals surface area contributed by atoms with E-state index in [1.54, 1.807) is 11.3 Å². The largest absolute Gasteiger partial charge is 0.375 e. The number of ether oxygens (including phenoxy) is 1. The topological polar surface area (TPSA) is 51.2 Å². The van der Waals surface area contributed by atoms with Gasteiger partial charge in [-0.1, -0.05) is 17.4 Å². The first-order valence-electron chi connectivity index (χ1n) is 9.13. The highest BCUT2D eigenvalue weighted by molar-refractivity contribution is 7.22. The van der Waals surface area contributed by atoms with Crippen molar-refractivity contribution in [2.75, 3.05) is 5.32 Å². The van der Waals surface area contributed by atoms with E-state index in [1.807, 2.05) is 0 Å². The highest BCUT2D eigenvalue weighted by Gasteiger charge is 2.41. The molecule has 0 spiro atoms. The molecule has 0 saturated carbocycles. The van der Waals surface area contributed by atoms with Crippen molar-refractivity contribution in [1.82, 2.24) is 4.98 Å². The highest BCUT2D eigenvalue weighted by Crippen LogP contribution is 2.40. The number of aromatic nitrogens is 1. The molecule has 1 aromatic carbocycles. The number of fused-ring (bicyclic) bond motifs is 5. The van der Waals surface area contributed by atoms with Crippen LogP contribution in [0.3, 0.4) is 0 Å². The average molecular weight is 342 g/mol. The van der Waals surface area contributed by atoms with Crippen LogP contribution < -0.4 is 5.32 Å². The van der Waals surface area contributed by atoms with Gasteiger partial charge >= 0.3 is 0 Å². The van der Waals surface area contributed by atoms with Crippen LogP contribution in [-0.2, 0) is 22.4 Å². The number of aryl methyl sites for hydroxylation is 2. The minimum atomic E-state index is 0.0871. The van der Waals surface area contributed by atoms with Crippen molar-refractivity contribution in [1.29, 1.82) is 0 Å². The molecule has 4 nitrogen and oxygen atoms in total. The van der Waals surface area contributed by atoms with Crippen molar-refractivity contribution in [2.24, 2.45) is 5.92 Å². The maximum absolute atomic E-state index is 12.4. The van der Waals surface area contributed by atoms with Crippen LogP contribution in [0.2, 0.25) is 0 Å². The molecule has 126 valence electrons. The Labute approximate surface area is 145 Å². The van der Waals surface area contributed by atoms with Gasteiger partial charge < -0.3 is 10.1 Å². The summed E-state index contributed by atoms with van der Waals surface area (Å²) in [6, 6.07) is 4.41. The predicted octanol–water partition coefficient (Wildman–Crippen LogP) is 4.07. The summed E-state index contributed by atoms with van der Waals surface area (Å²) in [4.78, 5) is 17.2. The maximum atomic E-state index is 12.4. The van der Waals surface area contributed by atoms with Gasteiger partial charge in [0, 0.05) is 6.42 Å². The molecule has 24 heavy (non-hydrogen) atoms. The van der Waals surface area contributed by atoms with Crippen molar-refractivity contribution in [3.05, 3.63) is 23.3 Å². The number of hydrogen-bond acceptors (Lipinski definition) is 4. The number of amides is 1. The van der Waals surface area contributed by atoms with E-state index >= 15 is 0 Å². The Morgan fingerprint density at radius 3 is 3.04 bits per heavy atom. The fraction of sp³-hybridized carbons (Fsp3) is 0.579. The van der Waals surface area contributed by atoms with Crippen molar-refractivity contribution < 1.29 is 9.53 Å². The Bertz CT molecular complexity index is 800. The molecule has 1 amide bonds. The van der Waals surface area contributed by atoms with Gasteiger partial charge in [-0.2, -0.15) is 0 Å². The minimum Gasteiger partial charge on any atom is -0.375 e. The van der Waals surface area contributed by atoms with Crippen molar-refractivity contribution >= 4 is 32.6 Å². The zero-order valence-electron chi connectivity index (χ0n) is 13.7. The molecule has 1 aliphatic carbocycles. The number of benzene rings is 1. The lowest BCUT2D eigenvalue weighted by molar-refractivity contribution is -0.117. The van der Waals surface area contributed by atoms with Gasteiger partial charge in [0.15, 0.2) is 5.13 Å². The van der Waals surface area contributed by atoms with Crippen LogP contribution in [0.1, 0.15) is 49.7 Å². The van der Waals surface area contributed by atoms with Gasteiger partial charge in [-0.05, 0) is 68.1 Å². The second kappa shape index (κ2) is 5.81. The van der Waals surface area contributed by atoms with E-state index in [-0.39, 0.29) is 5.91 Å². The lowest BCUT2D eigenvalue weighted by Gasteiger charge is -2.17. The number of carbonyl (C=O) groups excluding carboxylic acids is 1. The molecule has 1 N–H and O–H groups in total. The average Bonchev–Trinajstić information content (AvgIpc) is 3.29. The fourth-order valence-corrected chi connectivity index (χ4v) is 5.55. The minimum absolute atomic E-state index is 0.0871. The van der Waals surface area contributed by atoms with Crippen LogP contribution in [0, 0.1) is 5.92 Å². The third kappa shape index (κ3) is 2.54. The summed E-state index contributed by atoms with van der Waals surface area (Å²) >= 11 is 1.60. The molecule has 0 radical (unpaired) electrons. The summed E-state index contributed by atoms with van der Waals surface area (Å²) in [6.07, 6.45) is 9.42.